The lowest BCUT2D eigenvalue weighted by Gasteiger charge is -1.99. The van der Waals surface area contributed by atoms with E-state index in [9.17, 15) is 0 Å². The van der Waals surface area contributed by atoms with E-state index in [-0.39, 0.29) is 0 Å². The molecular formula is C5H11N. The molecule has 0 amide bonds. The molecule has 0 aromatic heterocycles. The van der Waals surface area contributed by atoms with Gasteiger partial charge in [0.1, 0.15) is 0 Å². The number of allylic oxidation sites excluding steroid dienone is 1. The fourth-order valence-corrected chi connectivity index (χ4v) is 0.298. The molecule has 6 heavy (non-hydrogen) atoms. The molecule has 1 nitrogen and oxygen atoms in total. The highest BCUT2D eigenvalue weighted by molar-refractivity contribution is 4.72. The average molecular weight is 85.1 g/mol. The van der Waals surface area contributed by atoms with E-state index in [0.717, 1.165) is 0 Å². The van der Waals surface area contributed by atoms with Gasteiger partial charge in [0.15, 0.2) is 0 Å². The van der Waals surface area contributed by atoms with Crippen molar-refractivity contribution in [2.24, 2.45) is 0 Å². The maximum absolute atomic E-state index is 2.00. The summed E-state index contributed by atoms with van der Waals surface area (Å²) >= 11 is 0. The smallest absolute Gasteiger partial charge is 0.00555 e. The van der Waals surface area contributed by atoms with Gasteiger partial charge in [-0.3, -0.25) is 0 Å². The lowest BCUT2D eigenvalue weighted by Crippen LogP contribution is -1.98. The van der Waals surface area contributed by atoms with E-state index in [4.69, 9.17) is 0 Å². The van der Waals surface area contributed by atoms with Crippen LogP contribution in [0.1, 0.15) is 6.92 Å². The first-order valence-electron chi connectivity index (χ1n) is 2.06. The van der Waals surface area contributed by atoms with Crippen molar-refractivity contribution in [2.75, 3.05) is 14.1 Å². The van der Waals surface area contributed by atoms with E-state index in [1.165, 1.54) is 0 Å². The fraction of sp³-hybridized carbons (Fsp3) is 0.600. The summed E-state index contributed by atoms with van der Waals surface area (Å²) in [6, 6.07) is 0. The molecule has 0 aliphatic carbocycles. The van der Waals surface area contributed by atoms with Crippen LogP contribution in [0.5, 0.6) is 0 Å². The largest absolute Gasteiger partial charge is 0.384 e. The van der Waals surface area contributed by atoms with Gasteiger partial charge in [0.25, 0.3) is 0 Å². The molecule has 0 N–H and O–H groups in total. The average Bonchev–Trinajstić information content (AvgIpc) is 1.35. The highest BCUT2D eigenvalue weighted by Crippen LogP contribution is 1.71. The third-order valence-corrected chi connectivity index (χ3v) is 0.447. The molecule has 0 aromatic carbocycles. The molecule has 0 aliphatic heterocycles. The van der Waals surface area contributed by atoms with Gasteiger partial charge in [-0.25, -0.2) is 0 Å². The van der Waals surface area contributed by atoms with Crippen LogP contribution in [0, 0.1) is 0 Å². The molecule has 0 heterocycles. The Morgan fingerprint density at radius 2 is 1.83 bits per heavy atom. The zero-order valence-corrected chi connectivity index (χ0v) is 4.60. The molecule has 36 valence electrons. The topological polar surface area (TPSA) is 3.24 Å². The van der Waals surface area contributed by atoms with Gasteiger partial charge < -0.3 is 4.90 Å². The van der Waals surface area contributed by atoms with Crippen molar-refractivity contribution in [3.63, 3.8) is 0 Å². The van der Waals surface area contributed by atoms with Crippen molar-refractivity contribution >= 4 is 0 Å². The second-order valence-corrected chi connectivity index (χ2v) is 1.45. The third-order valence-electron chi connectivity index (χ3n) is 0.447. The summed E-state index contributed by atoms with van der Waals surface area (Å²) in [5.41, 5.74) is 0. The number of hydrogen-bond donors (Lipinski definition) is 0. The normalized spacial score (nSPS) is 9.83. The predicted molar refractivity (Wildman–Crippen MR) is 28.5 cm³/mol. The van der Waals surface area contributed by atoms with Crippen LogP contribution >= 0.6 is 0 Å². The Labute approximate surface area is 39.3 Å². The van der Waals surface area contributed by atoms with Crippen molar-refractivity contribution in [3.05, 3.63) is 12.3 Å². The van der Waals surface area contributed by atoms with E-state index in [2.05, 4.69) is 0 Å². The highest BCUT2D eigenvalue weighted by atomic mass is 15.0. The van der Waals surface area contributed by atoms with Crippen LogP contribution in [0.3, 0.4) is 0 Å². The van der Waals surface area contributed by atoms with Gasteiger partial charge in [-0.05, 0) is 13.1 Å². The van der Waals surface area contributed by atoms with Crippen molar-refractivity contribution in [1.29, 1.82) is 0 Å². The molecule has 0 aromatic rings. The monoisotopic (exact) mass is 85.1 g/mol. The van der Waals surface area contributed by atoms with E-state index in [0.29, 0.717) is 0 Å². The quantitative estimate of drug-likeness (QED) is 0.460. The molecule has 0 rings (SSSR count). The number of rotatable bonds is 1. The summed E-state index contributed by atoms with van der Waals surface area (Å²) in [6.45, 7) is 2.00. The van der Waals surface area contributed by atoms with Gasteiger partial charge in [-0.15, -0.1) is 0 Å². The molecule has 0 fully saturated rings. The highest BCUT2D eigenvalue weighted by Gasteiger charge is 1.65. The van der Waals surface area contributed by atoms with Crippen LogP contribution in [0.4, 0.5) is 0 Å². The van der Waals surface area contributed by atoms with Gasteiger partial charge in [0, 0.05) is 14.1 Å². The van der Waals surface area contributed by atoms with E-state index >= 15 is 0 Å². The second-order valence-electron chi connectivity index (χ2n) is 1.45. The van der Waals surface area contributed by atoms with Crippen LogP contribution in [0.25, 0.3) is 0 Å². The summed E-state index contributed by atoms with van der Waals surface area (Å²) in [5, 5.41) is 0. The molecule has 0 saturated heterocycles. The minimum absolute atomic E-state index is 2.00. The molecule has 0 radical (unpaired) electrons. The van der Waals surface area contributed by atoms with Crippen molar-refractivity contribution in [2.45, 2.75) is 6.92 Å². The van der Waals surface area contributed by atoms with Crippen LogP contribution in [0.2, 0.25) is 0 Å². The first-order chi connectivity index (χ1) is 2.77. The SMILES string of the molecule is C/C=C/N(C)C. The Hall–Kier alpha value is -0.460. The minimum atomic E-state index is 2.00. The maximum Gasteiger partial charge on any atom is 0.00555 e. The zero-order chi connectivity index (χ0) is 4.99. The number of hydrogen-bond acceptors (Lipinski definition) is 1. The lowest BCUT2D eigenvalue weighted by molar-refractivity contribution is 0.563. The molecule has 0 saturated carbocycles. The van der Waals surface area contributed by atoms with Gasteiger partial charge >= 0.3 is 0 Å². The lowest BCUT2D eigenvalue weighted by atomic mass is 10.7. The first-order valence-corrected chi connectivity index (χ1v) is 2.06. The predicted octanol–water partition coefficient (Wildman–Crippen LogP) is 1.08. The third kappa shape index (κ3) is 3.54. The van der Waals surface area contributed by atoms with E-state index < -0.39 is 0 Å². The summed E-state index contributed by atoms with van der Waals surface area (Å²) in [5.74, 6) is 0. The summed E-state index contributed by atoms with van der Waals surface area (Å²) < 4.78 is 0. The standard InChI is InChI=1S/C5H11N/c1-4-5-6(2)3/h4-5H,1-3H3/b5-4+. The van der Waals surface area contributed by atoms with Crippen LogP contribution < -0.4 is 0 Å². The molecule has 0 spiro atoms. The molecule has 0 unspecified atom stereocenters. The molecule has 0 aliphatic rings. The van der Waals surface area contributed by atoms with E-state index in [1.54, 1.807) is 0 Å². The maximum atomic E-state index is 2.00. The van der Waals surface area contributed by atoms with Gasteiger partial charge in [-0.1, -0.05) is 6.08 Å². The molecule has 0 bridgehead atoms. The van der Waals surface area contributed by atoms with Gasteiger partial charge in [-0.2, -0.15) is 0 Å². The number of nitrogens with zero attached hydrogens (tertiary/aromatic N) is 1. The Balaban J connectivity index is 3.03. The Kier molecular flexibility index (Phi) is 2.55. The Morgan fingerprint density at radius 1 is 1.33 bits per heavy atom. The summed E-state index contributed by atoms with van der Waals surface area (Å²) in [4.78, 5) is 2.00. The molecular weight excluding hydrogens is 74.1 g/mol. The van der Waals surface area contributed by atoms with Gasteiger partial charge in [0.05, 0.1) is 0 Å². The van der Waals surface area contributed by atoms with E-state index in [1.807, 2.05) is 38.2 Å². The second kappa shape index (κ2) is 2.76. The minimum Gasteiger partial charge on any atom is -0.384 e. The van der Waals surface area contributed by atoms with Crippen molar-refractivity contribution < 1.29 is 0 Å². The van der Waals surface area contributed by atoms with Crippen LogP contribution in [-0.4, -0.2) is 19.0 Å². The van der Waals surface area contributed by atoms with Crippen LogP contribution in [-0.2, 0) is 0 Å². The molecule has 1 heteroatoms. The molecule has 0 atom stereocenters. The zero-order valence-electron chi connectivity index (χ0n) is 4.60. The van der Waals surface area contributed by atoms with Gasteiger partial charge in [0.2, 0.25) is 0 Å². The Bertz CT molecular complexity index is 45.9. The summed E-state index contributed by atoms with van der Waals surface area (Å²) in [6.07, 6.45) is 4.00. The fourth-order valence-electron chi connectivity index (χ4n) is 0.298. The van der Waals surface area contributed by atoms with Crippen molar-refractivity contribution in [3.8, 4) is 0 Å². The van der Waals surface area contributed by atoms with Crippen LogP contribution in [0.15, 0.2) is 12.3 Å². The summed E-state index contributed by atoms with van der Waals surface area (Å²) in [7, 11) is 4.00. The Morgan fingerprint density at radius 3 is 1.83 bits per heavy atom. The van der Waals surface area contributed by atoms with Crippen molar-refractivity contribution in [1.82, 2.24) is 4.90 Å². The first kappa shape index (κ1) is 5.54.